The van der Waals surface area contributed by atoms with Gasteiger partial charge in [-0.15, -0.1) is 12.4 Å². The molecule has 0 radical (unpaired) electrons. The zero-order chi connectivity index (χ0) is 7.61. The van der Waals surface area contributed by atoms with Crippen LogP contribution in [0, 0.1) is 0 Å². The monoisotopic (exact) mass is 181 g/mol. The molecule has 2 nitrogen and oxygen atoms in total. The van der Waals surface area contributed by atoms with Gasteiger partial charge in [0.1, 0.15) is 0 Å². The van der Waals surface area contributed by atoms with Gasteiger partial charge in [0.25, 0.3) is 0 Å². The molecule has 0 amide bonds. The van der Waals surface area contributed by atoms with E-state index in [1.807, 2.05) is 0 Å². The Morgan fingerprint density at radius 3 is 2.27 bits per heavy atom. The molecule has 0 saturated heterocycles. The molecule has 66 valence electrons. The van der Waals surface area contributed by atoms with Gasteiger partial charge < -0.3 is 5.73 Å². The molecule has 2 N–H and O–H groups in total. The summed E-state index contributed by atoms with van der Waals surface area (Å²) in [5.74, 6) is 0. The number of aldehydes is 1. The fourth-order valence-corrected chi connectivity index (χ4v) is 1.24. The fourth-order valence-electron chi connectivity index (χ4n) is 1.24. The van der Waals surface area contributed by atoms with Crippen LogP contribution in [0.5, 0.6) is 0 Å². The Morgan fingerprint density at radius 2 is 1.91 bits per heavy atom. The Bertz CT molecular complexity index is 134. The number of halogens is 2. The normalized spacial score (nSPS) is 37.5. The van der Waals surface area contributed by atoms with Crippen molar-refractivity contribution in [3.05, 3.63) is 0 Å². The van der Waals surface area contributed by atoms with E-state index in [0.29, 0.717) is 32.0 Å². The highest BCUT2D eigenvalue weighted by molar-refractivity contribution is 5.85. The molecule has 0 unspecified atom stereocenters. The van der Waals surface area contributed by atoms with Crippen molar-refractivity contribution in [1.82, 2.24) is 0 Å². The summed E-state index contributed by atoms with van der Waals surface area (Å²) in [6, 6.07) is 0.101. The number of rotatable bonds is 1. The van der Waals surface area contributed by atoms with E-state index in [1.54, 1.807) is 0 Å². The first-order chi connectivity index (χ1) is 4.66. The van der Waals surface area contributed by atoms with Crippen molar-refractivity contribution in [3.63, 3.8) is 0 Å². The summed E-state index contributed by atoms with van der Waals surface area (Å²) in [6.07, 6.45) is 2.29. The van der Waals surface area contributed by atoms with E-state index in [-0.39, 0.29) is 18.4 Å². The molecule has 0 aliphatic heterocycles. The minimum Gasteiger partial charge on any atom is -0.328 e. The van der Waals surface area contributed by atoms with Crippen LogP contribution in [0.3, 0.4) is 0 Å². The molecular formula is C7H13ClFNO. The lowest BCUT2D eigenvalue weighted by molar-refractivity contribution is -0.119. The number of hydrogen-bond acceptors (Lipinski definition) is 2. The Labute approximate surface area is 71.7 Å². The lowest BCUT2D eigenvalue weighted by Gasteiger charge is -2.27. The van der Waals surface area contributed by atoms with Gasteiger partial charge in [-0.2, -0.15) is 0 Å². The highest BCUT2D eigenvalue weighted by Gasteiger charge is 2.33. The van der Waals surface area contributed by atoms with Crippen molar-refractivity contribution in [1.29, 1.82) is 0 Å². The Morgan fingerprint density at radius 1 is 1.45 bits per heavy atom. The van der Waals surface area contributed by atoms with E-state index in [9.17, 15) is 9.18 Å². The number of carbonyl (C=O) groups is 1. The smallest absolute Gasteiger partial charge is 0.165 e. The number of carbonyl (C=O) groups excluding carboxylic acids is 1. The predicted molar refractivity (Wildman–Crippen MR) is 43.6 cm³/mol. The Kier molecular flexibility index (Phi) is 3.97. The maximum Gasteiger partial charge on any atom is 0.165 e. The van der Waals surface area contributed by atoms with Crippen molar-refractivity contribution >= 4 is 18.7 Å². The average Bonchev–Trinajstić information content (AvgIpc) is 1.96. The highest BCUT2D eigenvalue weighted by Crippen LogP contribution is 2.28. The molecular weight excluding hydrogens is 169 g/mol. The molecule has 1 aliphatic carbocycles. The summed E-state index contributed by atoms with van der Waals surface area (Å²) >= 11 is 0. The van der Waals surface area contributed by atoms with Gasteiger partial charge in [0.15, 0.2) is 12.0 Å². The summed E-state index contributed by atoms with van der Waals surface area (Å²) in [7, 11) is 0. The van der Waals surface area contributed by atoms with Crippen molar-refractivity contribution in [2.75, 3.05) is 0 Å². The van der Waals surface area contributed by atoms with Crippen LogP contribution in [0.25, 0.3) is 0 Å². The molecule has 1 rings (SSSR count). The van der Waals surface area contributed by atoms with Crippen LogP contribution in [0.1, 0.15) is 25.7 Å². The predicted octanol–water partition coefficient (Wildman–Crippen LogP) is 1.22. The third-order valence-electron chi connectivity index (χ3n) is 2.07. The van der Waals surface area contributed by atoms with Gasteiger partial charge in [-0.25, -0.2) is 4.39 Å². The van der Waals surface area contributed by atoms with Gasteiger partial charge in [-0.3, -0.25) is 4.79 Å². The average molecular weight is 182 g/mol. The summed E-state index contributed by atoms with van der Waals surface area (Å²) in [5.41, 5.74) is 3.97. The highest BCUT2D eigenvalue weighted by atomic mass is 35.5. The fraction of sp³-hybridized carbons (Fsp3) is 0.857. The lowest BCUT2D eigenvalue weighted by atomic mass is 9.85. The molecule has 0 aromatic rings. The topological polar surface area (TPSA) is 43.1 Å². The van der Waals surface area contributed by atoms with Gasteiger partial charge in [0.2, 0.25) is 0 Å². The van der Waals surface area contributed by atoms with E-state index in [2.05, 4.69) is 0 Å². The van der Waals surface area contributed by atoms with Gasteiger partial charge >= 0.3 is 0 Å². The third-order valence-corrected chi connectivity index (χ3v) is 2.07. The van der Waals surface area contributed by atoms with Crippen LogP contribution in [0.2, 0.25) is 0 Å². The zero-order valence-electron chi connectivity index (χ0n) is 6.25. The van der Waals surface area contributed by atoms with Crippen molar-refractivity contribution in [3.8, 4) is 0 Å². The molecule has 0 aromatic carbocycles. The van der Waals surface area contributed by atoms with E-state index in [4.69, 9.17) is 5.73 Å². The van der Waals surface area contributed by atoms with Crippen molar-refractivity contribution in [2.45, 2.75) is 37.4 Å². The molecule has 1 fully saturated rings. The van der Waals surface area contributed by atoms with E-state index >= 15 is 0 Å². The maximum atomic E-state index is 13.1. The van der Waals surface area contributed by atoms with E-state index in [1.165, 1.54) is 0 Å². The molecule has 0 aromatic heterocycles. The lowest BCUT2D eigenvalue weighted by Crippen LogP contribution is -2.36. The second-order valence-electron chi connectivity index (χ2n) is 2.99. The Balaban J connectivity index is 0.000001000. The summed E-state index contributed by atoms with van der Waals surface area (Å²) in [5, 5.41) is 0. The quantitative estimate of drug-likeness (QED) is 0.619. The molecule has 4 heteroatoms. The van der Waals surface area contributed by atoms with E-state index < -0.39 is 5.67 Å². The first-order valence-electron chi connectivity index (χ1n) is 3.57. The second-order valence-corrected chi connectivity index (χ2v) is 2.99. The summed E-state index contributed by atoms with van der Waals surface area (Å²) in [6.45, 7) is 0. The van der Waals surface area contributed by atoms with Gasteiger partial charge in [0, 0.05) is 6.04 Å². The SMILES string of the molecule is Cl.NC1CCC(F)(C=O)CC1. The summed E-state index contributed by atoms with van der Waals surface area (Å²) in [4.78, 5) is 10.2. The molecule has 0 atom stereocenters. The van der Waals surface area contributed by atoms with Crippen LogP contribution in [-0.4, -0.2) is 18.0 Å². The van der Waals surface area contributed by atoms with Gasteiger partial charge in [0.05, 0.1) is 0 Å². The minimum atomic E-state index is -1.56. The number of nitrogens with two attached hydrogens (primary N) is 1. The van der Waals surface area contributed by atoms with Crippen LogP contribution >= 0.6 is 12.4 Å². The van der Waals surface area contributed by atoms with Crippen LogP contribution < -0.4 is 5.73 Å². The largest absolute Gasteiger partial charge is 0.328 e. The number of hydrogen-bond donors (Lipinski definition) is 1. The molecule has 0 bridgehead atoms. The minimum absolute atomic E-state index is 0. The second kappa shape index (κ2) is 4.02. The third kappa shape index (κ3) is 2.75. The van der Waals surface area contributed by atoms with E-state index in [0.717, 1.165) is 0 Å². The van der Waals surface area contributed by atoms with Crippen molar-refractivity contribution in [2.24, 2.45) is 5.73 Å². The van der Waals surface area contributed by atoms with Gasteiger partial charge in [-0.05, 0) is 25.7 Å². The zero-order valence-corrected chi connectivity index (χ0v) is 7.07. The van der Waals surface area contributed by atoms with Crippen LogP contribution in [0.4, 0.5) is 4.39 Å². The standard InChI is InChI=1S/C7H12FNO.ClH/c8-7(5-10)3-1-6(9)2-4-7;/h5-6H,1-4,9H2;1H. The van der Waals surface area contributed by atoms with Crippen LogP contribution in [0.15, 0.2) is 0 Å². The molecule has 11 heavy (non-hydrogen) atoms. The molecule has 0 spiro atoms. The maximum absolute atomic E-state index is 13.1. The van der Waals surface area contributed by atoms with Gasteiger partial charge in [-0.1, -0.05) is 0 Å². The van der Waals surface area contributed by atoms with Crippen LogP contribution in [-0.2, 0) is 4.79 Å². The Hall–Kier alpha value is -0.150. The number of alkyl halides is 1. The first kappa shape index (κ1) is 10.8. The molecule has 1 aliphatic rings. The molecule has 0 heterocycles. The first-order valence-corrected chi connectivity index (χ1v) is 3.57. The molecule has 1 saturated carbocycles. The summed E-state index contributed by atoms with van der Waals surface area (Å²) < 4.78 is 13.1. The van der Waals surface area contributed by atoms with Crippen molar-refractivity contribution < 1.29 is 9.18 Å².